The first-order chi connectivity index (χ1) is 15.1. The molecule has 0 saturated heterocycles. The van der Waals surface area contributed by atoms with Crippen LogP contribution in [-0.4, -0.2) is 19.7 Å². The van der Waals surface area contributed by atoms with Crippen molar-refractivity contribution < 1.29 is 17.6 Å². The van der Waals surface area contributed by atoms with E-state index in [4.69, 9.17) is 9.69 Å². The van der Waals surface area contributed by atoms with Crippen LogP contribution >= 0.6 is 0 Å². The summed E-state index contributed by atoms with van der Waals surface area (Å²) >= 11 is 0. The van der Waals surface area contributed by atoms with Crippen LogP contribution in [0, 0.1) is 11.3 Å². The summed E-state index contributed by atoms with van der Waals surface area (Å²) in [6, 6.07) is 24.0. The van der Waals surface area contributed by atoms with Gasteiger partial charge in [0.25, 0.3) is 8.32 Å². The summed E-state index contributed by atoms with van der Waals surface area (Å²) in [6.45, 7) is 5.64. The minimum atomic E-state index is -3.63. The zero-order valence-electron chi connectivity index (χ0n) is 18.2. The standard InChI is InChI=1S/C25H25F3N2OSi/c1-24(2,3)32(20-12-6-4-7-13-20,21-14-8-5-9-15-21)31-25(28,23(26)27)22-16-10-11-19(30-22)17-18-29/h4-16,23H,17H2,1-3H3. The molecule has 0 aliphatic carbocycles. The summed E-state index contributed by atoms with van der Waals surface area (Å²) < 4.78 is 51.4. The molecule has 1 aromatic heterocycles. The van der Waals surface area contributed by atoms with Gasteiger partial charge in [0.15, 0.2) is 0 Å². The number of pyridine rings is 1. The van der Waals surface area contributed by atoms with Crippen molar-refractivity contribution in [3.05, 3.63) is 90.3 Å². The first-order valence-corrected chi connectivity index (χ1v) is 12.2. The third-order valence-electron chi connectivity index (χ3n) is 5.42. The van der Waals surface area contributed by atoms with Crippen molar-refractivity contribution >= 4 is 18.7 Å². The van der Waals surface area contributed by atoms with Gasteiger partial charge in [-0.1, -0.05) is 87.5 Å². The van der Waals surface area contributed by atoms with Crippen molar-refractivity contribution in [3.63, 3.8) is 0 Å². The van der Waals surface area contributed by atoms with Crippen molar-refractivity contribution in [3.8, 4) is 6.07 Å². The molecule has 7 heteroatoms. The lowest BCUT2D eigenvalue weighted by atomic mass is 10.2. The number of benzene rings is 2. The van der Waals surface area contributed by atoms with Gasteiger partial charge >= 0.3 is 12.3 Å². The average Bonchev–Trinajstić information content (AvgIpc) is 2.78. The van der Waals surface area contributed by atoms with Crippen LogP contribution in [0.4, 0.5) is 13.2 Å². The molecule has 3 aromatic rings. The largest absolute Gasteiger partial charge is 0.368 e. The molecule has 32 heavy (non-hydrogen) atoms. The van der Waals surface area contributed by atoms with Crippen LogP contribution < -0.4 is 10.4 Å². The Morgan fingerprint density at radius 3 is 1.88 bits per heavy atom. The van der Waals surface area contributed by atoms with E-state index in [0.29, 0.717) is 10.4 Å². The maximum Gasteiger partial charge on any atom is 0.305 e. The van der Waals surface area contributed by atoms with Gasteiger partial charge < -0.3 is 4.43 Å². The second-order valence-corrected chi connectivity index (χ2v) is 12.8. The highest BCUT2D eigenvalue weighted by molar-refractivity contribution is 6.99. The molecule has 0 aliphatic heterocycles. The SMILES string of the molecule is CC(C)(C)[Si](OC(F)(c1cccc(CC#N)n1)C(F)F)(c1ccccc1)c1ccccc1. The fourth-order valence-electron chi connectivity index (χ4n) is 3.93. The van der Waals surface area contributed by atoms with Crippen molar-refractivity contribution in [1.82, 2.24) is 4.98 Å². The molecule has 1 atom stereocenters. The van der Waals surface area contributed by atoms with Gasteiger partial charge in [-0.2, -0.15) is 9.65 Å². The zero-order valence-corrected chi connectivity index (χ0v) is 19.2. The van der Waals surface area contributed by atoms with Gasteiger partial charge in [0.05, 0.1) is 18.2 Å². The molecule has 1 unspecified atom stereocenters. The van der Waals surface area contributed by atoms with Crippen LogP contribution in [0.1, 0.15) is 32.2 Å². The Morgan fingerprint density at radius 1 is 0.906 bits per heavy atom. The number of aromatic nitrogens is 1. The van der Waals surface area contributed by atoms with Gasteiger partial charge in [-0.05, 0) is 27.5 Å². The highest BCUT2D eigenvalue weighted by Crippen LogP contribution is 2.44. The summed E-state index contributed by atoms with van der Waals surface area (Å²) in [5, 5.41) is 9.61. The fraction of sp³-hybridized carbons (Fsp3) is 0.280. The highest BCUT2D eigenvalue weighted by atomic mass is 28.4. The summed E-state index contributed by atoms with van der Waals surface area (Å²) in [4.78, 5) is 4.03. The molecule has 0 saturated carbocycles. The molecule has 0 aliphatic rings. The molecule has 0 amide bonds. The molecule has 0 spiro atoms. The molecule has 0 radical (unpaired) electrons. The fourth-order valence-corrected chi connectivity index (χ4v) is 8.50. The van der Waals surface area contributed by atoms with Crippen molar-refractivity contribution in [2.24, 2.45) is 0 Å². The van der Waals surface area contributed by atoms with E-state index in [9.17, 15) is 8.78 Å². The summed E-state index contributed by atoms with van der Waals surface area (Å²) in [6.07, 6.45) is -3.61. The van der Waals surface area contributed by atoms with Crippen molar-refractivity contribution in [1.29, 1.82) is 5.26 Å². The third-order valence-corrected chi connectivity index (χ3v) is 10.4. The van der Waals surface area contributed by atoms with Crippen LogP contribution in [-0.2, 0) is 16.7 Å². The Hall–Kier alpha value is -2.95. The molecule has 2 aromatic carbocycles. The molecular formula is C25H25F3N2OSi. The van der Waals surface area contributed by atoms with Gasteiger partial charge in [-0.3, -0.25) is 4.98 Å². The Labute approximate surface area is 187 Å². The number of alkyl halides is 3. The van der Waals surface area contributed by atoms with Crippen LogP contribution in [0.25, 0.3) is 0 Å². The van der Waals surface area contributed by atoms with Gasteiger partial charge in [-0.15, -0.1) is 0 Å². The Bertz CT molecular complexity index is 1040. The zero-order chi connectivity index (χ0) is 23.4. The Morgan fingerprint density at radius 2 is 1.44 bits per heavy atom. The first kappa shape index (κ1) is 23.7. The molecule has 1 heterocycles. The van der Waals surface area contributed by atoms with Crippen LogP contribution in [0.5, 0.6) is 0 Å². The lowest BCUT2D eigenvalue weighted by Crippen LogP contribution is -2.69. The molecule has 3 rings (SSSR count). The third kappa shape index (κ3) is 4.34. The number of hydrogen-bond donors (Lipinski definition) is 0. The molecule has 0 fully saturated rings. The number of nitriles is 1. The second-order valence-electron chi connectivity index (χ2n) is 8.56. The van der Waals surface area contributed by atoms with E-state index < -0.39 is 31.3 Å². The minimum Gasteiger partial charge on any atom is -0.368 e. The van der Waals surface area contributed by atoms with E-state index in [1.807, 2.05) is 39.0 Å². The Balaban J connectivity index is 2.29. The van der Waals surface area contributed by atoms with Crippen LogP contribution in [0.15, 0.2) is 78.9 Å². The molecule has 166 valence electrons. The van der Waals surface area contributed by atoms with Gasteiger partial charge in [0, 0.05) is 0 Å². The number of halogens is 3. The molecule has 3 nitrogen and oxygen atoms in total. The average molecular weight is 455 g/mol. The Kier molecular flexibility index (Phi) is 6.87. The van der Waals surface area contributed by atoms with Gasteiger partial charge in [-0.25, -0.2) is 8.78 Å². The lowest BCUT2D eigenvalue weighted by molar-refractivity contribution is -0.183. The van der Waals surface area contributed by atoms with E-state index in [2.05, 4.69) is 4.98 Å². The number of nitrogens with zero attached hydrogens (tertiary/aromatic N) is 2. The normalized spacial score (nSPS) is 14.1. The molecular weight excluding hydrogens is 429 g/mol. The maximum atomic E-state index is 16.4. The highest BCUT2D eigenvalue weighted by Gasteiger charge is 2.59. The molecule has 0 N–H and O–H groups in total. The van der Waals surface area contributed by atoms with Crippen LogP contribution in [0.2, 0.25) is 5.04 Å². The van der Waals surface area contributed by atoms with Crippen LogP contribution in [0.3, 0.4) is 0 Å². The summed E-state index contributed by atoms with van der Waals surface area (Å²) in [7, 11) is -3.63. The quantitative estimate of drug-likeness (QED) is 0.466. The van der Waals surface area contributed by atoms with Gasteiger partial charge in [0.1, 0.15) is 5.69 Å². The van der Waals surface area contributed by atoms with E-state index in [0.717, 1.165) is 0 Å². The number of hydrogen-bond acceptors (Lipinski definition) is 3. The lowest BCUT2D eigenvalue weighted by Gasteiger charge is -2.46. The maximum absolute atomic E-state index is 16.4. The van der Waals surface area contributed by atoms with E-state index in [1.54, 1.807) is 48.5 Å². The topological polar surface area (TPSA) is 45.9 Å². The minimum absolute atomic E-state index is 0.119. The van der Waals surface area contributed by atoms with E-state index >= 15 is 4.39 Å². The predicted molar refractivity (Wildman–Crippen MR) is 121 cm³/mol. The first-order valence-electron chi connectivity index (χ1n) is 10.3. The predicted octanol–water partition coefficient (Wildman–Crippen LogP) is 5.11. The van der Waals surface area contributed by atoms with E-state index in [-0.39, 0.29) is 12.1 Å². The summed E-state index contributed by atoms with van der Waals surface area (Å²) in [5.74, 6) is -3.46. The van der Waals surface area contributed by atoms with Gasteiger partial charge in [0.2, 0.25) is 0 Å². The monoisotopic (exact) mass is 454 g/mol. The molecule has 0 bridgehead atoms. The second kappa shape index (κ2) is 9.27. The van der Waals surface area contributed by atoms with Crippen molar-refractivity contribution in [2.75, 3.05) is 0 Å². The van der Waals surface area contributed by atoms with Crippen molar-refractivity contribution in [2.45, 2.75) is 44.5 Å². The summed E-state index contributed by atoms with van der Waals surface area (Å²) in [5.41, 5.74) is -0.327. The van der Waals surface area contributed by atoms with E-state index in [1.165, 1.54) is 18.2 Å². The smallest absolute Gasteiger partial charge is 0.305 e. The number of rotatable bonds is 7.